The predicted octanol–water partition coefficient (Wildman–Crippen LogP) is 4.97. The van der Waals surface area contributed by atoms with Gasteiger partial charge in [-0.15, -0.1) is 0 Å². The van der Waals surface area contributed by atoms with Crippen molar-refractivity contribution in [2.24, 2.45) is 0 Å². The van der Waals surface area contributed by atoms with Crippen molar-refractivity contribution in [2.75, 3.05) is 31.3 Å². The highest BCUT2D eigenvalue weighted by atomic mass is 79.9. The minimum atomic E-state index is 0.240. The van der Waals surface area contributed by atoms with E-state index in [0.29, 0.717) is 5.02 Å². The molecule has 1 aliphatic heterocycles. The monoisotopic (exact) mass is 400 g/mol. The molecule has 3 rings (SSSR count). The van der Waals surface area contributed by atoms with Gasteiger partial charge in [-0.1, -0.05) is 27.5 Å². The standard InChI is InChI=1S/C16H18BrClN2OS/c1-22-16(3-6-21-7-4-16)10-20-14-2-5-19-15-12(14)8-11(17)9-13(15)18/h2,5,8-9H,3-4,6-7,10H2,1H3,(H,19,20). The molecule has 2 heterocycles. The molecule has 0 amide bonds. The van der Waals surface area contributed by atoms with Gasteiger partial charge in [0.2, 0.25) is 0 Å². The molecule has 0 saturated carbocycles. The fraction of sp³-hybridized carbons (Fsp3) is 0.438. The molecule has 1 saturated heterocycles. The lowest BCUT2D eigenvalue weighted by Gasteiger charge is -2.36. The predicted molar refractivity (Wildman–Crippen MR) is 99.2 cm³/mol. The highest BCUT2D eigenvalue weighted by molar-refractivity contribution is 9.10. The van der Waals surface area contributed by atoms with Crippen LogP contribution in [0.5, 0.6) is 0 Å². The number of nitrogens with one attached hydrogen (secondary N) is 1. The van der Waals surface area contributed by atoms with Gasteiger partial charge >= 0.3 is 0 Å². The molecule has 1 fully saturated rings. The first kappa shape index (κ1) is 16.4. The molecule has 2 aromatic rings. The van der Waals surface area contributed by atoms with Crippen LogP contribution in [0.25, 0.3) is 10.9 Å². The summed E-state index contributed by atoms with van der Waals surface area (Å²) in [5, 5.41) is 5.32. The van der Waals surface area contributed by atoms with Gasteiger partial charge in [-0.2, -0.15) is 11.8 Å². The molecule has 22 heavy (non-hydrogen) atoms. The molecule has 0 bridgehead atoms. The summed E-state index contributed by atoms with van der Waals surface area (Å²) in [7, 11) is 0. The number of hydrogen-bond donors (Lipinski definition) is 1. The SMILES string of the molecule is CSC1(CNc2ccnc3c(Cl)cc(Br)cc23)CCOCC1. The van der Waals surface area contributed by atoms with E-state index in [1.54, 1.807) is 6.20 Å². The van der Waals surface area contributed by atoms with Gasteiger partial charge < -0.3 is 10.1 Å². The van der Waals surface area contributed by atoms with Gasteiger partial charge in [-0.25, -0.2) is 0 Å². The van der Waals surface area contributed by atoms with E-state index in [4.69, 9.17) is 16.3 Å². The molecule has 1 aromatic carbocycles. The van der Waals surface area contributed by atoms with E-state index in [9.17, 15) is 0 Å². The van der Waals surface area contributed by atoms with Crippen LogP contribution in [0.1, 0.15) is 12.8 Å². The van der Waals surface area contributed by atoms with Gasteiger partial charge in [0.25, 0.3) is 0 Å². The normalized spacial score (nSPS) is 17.6. The number of halogens is 2. The Morgan fingerprint density at radius 1 is 1.41 bits per heavy atom. The summed E-state index contributed by atoms with van der Waals surface area (Å²) in [5.74, 6) is 0. The van der Waals surface area contributed by atoms with Crippen LogP contribution in [0.3, 0.4) is 0 Å². The Labute approximate surface area is 148 Å². The number of fused-ring (bicyclic) bond motifs is 1. The van der Waals surface area contributed by atoms with Gasteiger partial charge in [0.05, 0.1) is 10.5 Å². The maximum absolute atomic E-state index is 6.30. The van der Waals surface area contributed by atoms with Crippen molar-refractivity contribution in [3.05, 3.63) is 33.9 Å². The highest BCUT2D eigenvalue weighted by Gasteiger charge is 2.31. The Bertz CT molecular complexity index is 676. The van der Waals surface area contributed by atoms with E-state index >= 15 is 0 Å². The first-order valence-electron chi connectivity index (χ1n) is 7.24. The number of aromatic nitrogens is 1. The third-order valence-electron chi connectivity index (χ3n) is 4.20. The first-order chi connectivity index (χ1) is 10.6. The lowest BCUT2D eigenvalue weighted by Crippen LogP contribution is -2.39. The number of pyridine rings is 1. The van der Waals surface area contributed by atoms with Crippen LogP contribution in [0, 0.1) is 0 Å². The van der Waals surface area contributed by atoms with Crippen LogP contribution >= 0.6 is 39.3 Å². The Morgan fingerprint density at radius 2 is 2.18 bits per heavy atom. The van der Waals surface area contributed by atoms with Crippen molar-refractivity contribution >= 4 is 55.9 Å². The van der Waals surface area contributed by atoms with Gasteiger partial charge in [0, 0.05) is 46.2 Å². The van der Waals surface area contributed by atoms with Gasteiger partial charge in [0.1, 0.15) is 0 Å². The van der Waals surface area contributed by atoms with Crippen LogP contribution in [0.4, 0.5) is 5.69 Å². The first-order valence-corrected chi connectivity index (χ1v) is 9.64. The van der Waals surface area contributed by atoms with Crippen LogP contribution in [0.15, 0.2) is 28.9 Å². The number of nitrogens with zero attached hydrogens (tertiary/aromatic N) is 1. The molecular formula is C16H18BrClN2OS. The van der Waals surface area contributed by atoms with E-state index in [1.807, 2.05) is 23.9 Å². The molecule has 1 N–H and O–H groups in total. The molecule has 118 valence electrons. The Hall–Kier alpha value is -0.490. The summed E-state index contributed by atoms with van der Waals surface area (Å²) in [6, 6.07) is 5.95. The lowest BCUT2D eigenvalue weighted by molar-refractivity contribution is 0.0802. The van der Waals surface area contributed by atoms with Crippen LogP contribution in [-0.2, 0) is 4.74 Å². The second kappa shape index (κ2) is 6.95. The molecule has 0 radical (unpaired) electrons. The Morgan fingerprint density at radius 3 is 2.91 bits per heavy atom. The molecule has 0 unspecified atom stereocenters. The molecule has 1 aliphatic rings. The number of ether oxygens (including phenoxy) is 1. The van der Waals surface area contributed by atoms with E-state index < -0.39 is 0 Å². The van der Waals surface area contributed by atoms with Crippen LogP contribution < -0.4 is 5.32 Å². The fourth-order valence-electron chi connectivity index (χ4n) is 2.79. The largest absolute Gasteiger partial charge is 0.383 e. The molecule has 6 heteroatoms. The fourth-order valence-corrected chi connectivity index (χ4v) is 4.43. The Kier molecular flexibility index (Phi) is 5.17. The number of thioether (sulfide) groups is 1. The summed E-state index contributed by atoms with van der Waals surface area (Å²) in [4.78, 5) is 4.40. The summed E-state index contributed by atoms with van der Waals surface area (Å²) >= 11 is 11.7. The summed E-state index contributed by atoms with van der Waals surface area (Å²) < 4.78 is 6.71. The van der Waals surface area contributed by atoms with Crippen LogP contribution in [-0.4, -0.2) is 35.7 Å². The number of rotatable bonds is 4. The number of anilines is 1. The third kappa shape index (κ3) is 3.37. The van der Waals surface area contributed by atoms with Crippen molar-refractivity contribution in [1.82, 2.24) is 4.98 Å². The molecule has 1 aromatic heterocycles. The summed E-state index contributed by atoms with van der Waals surface area (Å²) in [6.07, 6.45) is 6.15. The average Bonchev–Trinajstić information content (AvgIpc) is 2.54. The van der Waals surface area contributed by atoms with Crippen molar-refractivity contribution in [3.8, 4) is 0 Å². The van der Waals surface area contributed by atoms with E-state index in [2.05, 4.69) is 38.6 Å². The average molecular weight is 402 g/mol. The minimum absolute atomic E-state index is 0.240. The van der Waals surface area contributed by atoms with Crippen LogP contribution in [0.2, 0.25) is 5.02 Å². The van der Waals surface area contributed by atoms with Crippen molar-refractivity contribution in [2.45, 2.75) is 17.6 Å². The van der Waals surface area contributed by atoms with Crippen molar-refractivity contribution in [3.63, 3.8) is 0 Å². The zero-order valence-corrected chi connectivity index (χ0v) is 15.5. The number of benzene rings is 1. The summed E-state index contributed by atoms with van der Waals surface area (Å²) in [5.41, 5.74) is 1.91. The molecule has 0 aliphatic carbocycles. The highest BCUT2D eigenvalue weighted by Crippen LogP contribution is 2.36. The maximum atomic E-state index is 6.30. The number of hydrogen-bond acceptors (Lipinski definition) is 4. The quantitative estimate of drug-likeness (QED) is 0.784. The topological polar surface area (TPSA) is 34.2 Å². The lowest BCUT2D eigenvalue weighted by atomic mass is 9.98. The second-order valence-corrected chi connectivity index (χ2v) is 8.09. The molecular weight excluding hydrogens is 384 g/mol. The minimum Gasteiger partial charge on any atom is -0.383 e. The Balaban J connectivity index is 1.87. The van der Waals surface area contributed by atoms with Gasteiger partial charge in [0.15, 0.2) is 0 Å². The smallest absolute Gasteiger partial charge is 0.0909 e. The molecule has 3 nitrogen and oxygen atoms in total. The van der Waals surface area contributed by atoms with Gasteiger partial charge in [-0.05, 0) is 37.3 Å². The van der Waals surface area contributed by atoms with Crippen molar-refractivity contribution < 1.29 is 4.74 Å². The van der Waals surface area contributed by atoms with E-state index in [0.717, 1.165) is 53.7 Å². The van der Waals surface area contributed by atoms with Gasteiger partial charge in [-0.3, -0.25) is 4.98 Å². The molecule has 0 spiro atoms. The third-order valence-corrected chi connectivity index (χ3v) is 6.37. The maximum Gasteiger partial charge on any atom is 0.0909 e. The summed E-state index contributed by atoms with van der Waals surface area (Å²) in [6.45, 7) is 2.61. The zero-order chi connectivity index (χ0) is 15.6. The second-order valence-electron chi connectivity index (χ2n) is 5.50. The van der Waals surface area contributed by atoms with E-state index in [1.165, 1.54) is 0 Å². The van der Waals surface area contributed by atoms with Crippen molar-refractivity contribution in [1.29, 1.82) is 0 Å². The van der Waals surface area contributed by atoms with E-state index in [-0.39, 0.29) is 4.75 Å². The molecule has 0 atom stereocenters. The zero-order valence-electron chi connectivity index (χ0n) is 12.4.